The van der Waals surface area contributed by atoms with Crippen LogP contribution in [0.2, 0.25) is 10.0 Å². The number of anilines is 2. The average Bonchev–Trinajstić information content (AvgIpc) is 2.78. The number of methoxy groups -OCH3 is 2. The van der Waals surface area contributed by atoms with Crippen molar-refractivity contribution in [2.24, 2.45) is 0 Å². The van der Waals surface area contributed by atoms with Gasteiger partial charge in [-0.15, -0.1) is 0 Å². The highest BCUT2D eigenvalue weighted by Gasteiger charge is 2.17. The summed E-state index contributed by atoms with van der Waals surface area (Å²) >= 11 is 17.0. The topological polar surface area (TPSA) is 132 Å². The maximum Gasteiger partial charge on any atom is 0.321 e. The SMILES string of the molecule is COc1cc(NS(=O)(=O)c2ccc(NC(=S)NC(=O)c3ccc(Cl)cc3Cl)cc2)nc(OC)n1. The molecule has 3 aromatic rings. The number of halogens is 2. The van der Waals surface area contributed by atoms with Crippen LogP contribution in [0.25, 0.3) is 0 Å². The number of rotatable bonds is 7. The molecule has 0 bridgehead atoms. The molecular weight excluding hydrogens is 525 g/mol. The van der Waals surface area contributed by atoms with Crippen LogP contribution in [0, 0.1) is 0 Å². The van der Waals surface area contributed by atoms with Gasteiger partial charge in [-0.1, -0.05) is 23.2 Å². The third kappa shape index (κ3) is 6.44. The molecule has 0 aliphatic rings. The Labute approximate surface area is 210 Å². The van der Waals surface area contributed by atoms with Gasteiger partial charge in [0, 0.05) is 16.8 Å². The van der Waals surface area contributed by atoms with Gasteiger partial charge in [-0.2, -0.15) is 9.97 Å². The number of aromatic nitrogens is 2. The van der Waals surface area contributed by atoms with E-state index in [1.807, 2.05) is 0 Å². The Morgan fingerprint density at radius 2 is 1.71 bits per heavy atom. The summed E-state index contributed by atoms with van der Waals surface area (Å²) in [5.41, 5.74) is 0.637. The van der Waals surface area contributed by atoms with Crippen molar-refractivity contribution in [3.63, 3.8) is 0 Å². The molecule has 0 atom stereocenters. The normalized spacial score (nSPS) is 10.8. The molecule has 0 spiro atoms. The van der Waals surface area contributed by atoms with Crippen molar-refractivity contribution in [2.45, 2.75) is 4.90 Å². The van der Waals surface area contributed by atoms with Crippen LogP contribution in [0.1, 0.15) is 10.4 Å². The fourth-order valence-electron chi connectivity index (χ4n) is 2.57. The zero-order chi connectivity index (χ0) is 24.9. The van der Waals surface area contributed by atoms with Gasteiger partial charge in [0.15, 0.2) is 10.9 Å². The molecule has 1 amide bonds. The van der Waals surface area contributed by atoms with E-state index < -0.39 is 15.9 Å². The first kappa shape index (κ1) is 25.4. The Bertz CT molecular complexity index is 1320. The van der Waals surface area contributed by atoms with Gasteiger partial charge < -0.3 is 14.8 Å². The average molecular weight is 542 g/mol. The predicted octanol–water partition coefficient (Wildman–Crippen LogP) is 3.73. The quantitative estimate of drug-likeness (QED) is 0.382. The Kier molecular flexibility index (Phi) is 8.10. The minimum atomic E-state index is -3.98. The number of carbonyl (C=O) groups excluding carboxylic acids is 1. The van der Waals surface area contributed by atoms with Gasteiger partial charge in [0.05, 0.1) is 29.7 Å². The van der Waals surface area contributed by atoms with E-state index in [0.717, 1.165) is 0 Å². The standard InChI is InChI=1S/C20H17Cl2N5O5S2/c1-31-17-10-16(24-19(25-17)32-2)27-34(29,30)13-6-4-12(5-7-13)23-20(33)26-18(28)14-8-3-11(21)9-15(14)22/h3-10H,1-2H3,(H,24,25,27)(H2,23,26,28,33). The van der Waals surface area contributed by atoms with Gasteiger partial charge in [-0.25, -0.2) is 8.42 Å². The molecule has 14 heteroatoms. The fourth-order valence-corrected chi connectivity index (χ4v) is 4.27. The largest absolute Gasteiger partial charge is 0.481 e. The summed E-state index contributed by atoms with van der Waals surface area (Å²) < 4.78 is 37.7. The van der Waals surface area contributed by atoms with E-state index in [2.05, 4.69) is 25.3 Å². The van der Waals surface area contributed by atoms with Crippen LogP contribution >= 0.6 is 35.4 Å². The monoisotopic (exact) mass is 541 g/mol. The lowest BCUT2D eigenvalue weighted by Crippen LogP contribution is -2.34. The minimum absolute atomic E-state index is 0.00933. The third-order valence-corrected chi connectivity index (χ3v) is 6.26. The molecule has 2 aromatic carbocycles. The predicted molar refractivity (Wildman–Crippen MR) is 133 cm³/mol. The van der Waals surface area contributed by atoms with E-state index in [0.29, 0.717) is 10.7 Å². The number of sulfonamides is 1. The van der Waals surface area contributed by atoms with Gasteiger partial charge in [-0.3, -0.25) is 14.8 Å². The highest BCUT2D eigenvalue weighted by atomic mass is 35.5. The number of nitrogens with zero attached hydrogens (tertiary/aromatic N) is 2. The summed E-state index contributed by atoms with van der Waals surface area (Å²) in [6.07, 6.45) is 0. The summed E-state index contributed by atoms with van der Waals surface area (Å²) in [5.74, 6) is -0.437. The van der Waals surface area contributed by atoms with E-state index in [4.69, 9.17) is 44.9 Å². The lowest BCUT2D eigenvalue weighted by atomic mass is 10.2. The molecule has 0 saturated heterocycles. The van der Waals surface area contributed by atoms with Gasteiger partial charge in [0.2, 0.25) is 5.88 Å². The lowest BCUT2D eigenvalue weighted by molar-refractivity contribution is 0.0978. The van der Waals surface area contributed by atoms with Crippen LogP contribution in [0.15, 0.2) is 53.4 Å². The van der Waals surface area contributed by atoms with E-state index >= 15 is 0 Å². The summed E-state index contributed by atoms with van der Waals surface area (Å²) in [5, 5.41) is 5.84. The van der Waals surface area contributed by atoms with Gasteiger partial charge in [0.1, 0.15) is 0 Å². The lowest BCUT2D eigenvalue weighted by Gasteiger charge is -2.12. The van der Waals surface area contributed by atoms with E-state index in [1.54, 1.807) is 0 Å². The minimum Gasteiger partial charge on any atom is -0.481 e. The molecule has 0 aliphatic heterocycles. The van der Waals surface area contributed by atoms with Crippen LogP contribution in [-0.4, -0.2) is 43.6 Å². The maximum absolute atomic E-state index is 12.7. The van der Waals surface area contributed by atoms with Crippen molar-refractivity contribution >= 4 is 68.0 Å². The van der Waals surface area contributed by atoms with E-state index in [-0.39, 0.29) is 38.3 Å². The van der Waals surface area contributed by atoms with E-state index in [1.165, 1.54) is 62.8 Å². The molecular formula is C20H17Cl2N5O5S2. The second kappa shape index (κ2) is 10.8. The van der Waals surface area contributed by atoms with Crippen LogP contribution < -0.4 is 24.8 Å². The first-order valence-corrected chi connectivity index (χ1v) is 11.9. The highest BCUT2D eigenvalue weighted by molar-refractivity contribution is 7.92. The molecule has 34 heavy (non-hydrogen) atoms. The Morgan fingerprint density at radius 1 is 1.00 bits per heavy atom. The molecule has 3 N–H and O–H groups in total. The first-order valence-electron chi connectivity index (χ1n) is 9.28. The number of ether oxygens (including phenoxy) is 2. The molecule has 0 saturated carbocycles. The highest BCUT2D eigenvalue weighted by Crippen LogP contribution is 2.22. The maximum atomic E-state index is 12.7. The van der Waals surface area contributed by atoms with Crippen molar-refractivity contribution in [3.05, 3.63) is 64.1 Å². The molecule has 1 aromatic heterocycles. The molecule has 10 nitrogen and oxygen atoms in total. The fraction of sp³-hybridized carbons (Fsp3) is 0.100. The van der Waals surface area contributed by atoms with Gasteiger partial charge in [-0.05, 0) is 54.7 Å². The number of hydrogen-bond donors (Lipinski definition) is 3. The first-order chi connectivity index (χ1) is 16.1. The summed E-state index contributed by atoms with van der Waals surface area (Å²) in [6, 6.07) is 11.3. The van der Waals surface area contributed by atoms with Crippen LogP contribution in [-0.2, 0) is 10.0 Å². The van der Waals surface area contributed by atoms with Crippen molar-refractivity contribution in [1.82, 2.24) is 15.3 Å². The molecule has 0 fully saturated rings. The van der Waals surface area contributed by atoms with Crippen LogP contribution in [0.5, 0.6) is 11.9 Å². The molecule has 3 rings (SSSR count). The zero-order valence-electron chi connectivity index (χ0n) is 17.6. The summed E-state index contributed by atoms with van der Waals surface area (Å²) in [7, 11) is -1.26. The van der Waals surface area contributed by atoms with Crippen molar-refractivity contribution in [2.75, 3.05) is 24.3 Å². The van der Waals surface area contributed by atoms with Crippen molar-refractivity contribution in [1.29, 1.82) is 0 Å². The number of thiocarbonyl (C=S) groups is 1. The second-order valence-corrected chi connectivity index (χ2v) is 9.38. The molecule has 1 heterocycles. The Balaban J connectivity index is 1.67. The van der Waals surface area contributed by atoms with E-state index in [9.17, 15) is 13.2 Å². The molecule has 0 aliphatic carbocycles. The van der Waals surface area contributed by atoms with Crippen LogP contribution in [0.4, 0.5) is 11.5 Å². The molecule has 0 unspecified atom stereocenters. The number of carbonyl (C=O) groups is 1. The Hall–Kier alpha value is -3.19. The van der Waals surface area contributed by atoms with Crippen LogP contribution in [0.3, 0.4) is 0 Å². The van der Waals surface area contributed by atoms with Gasteiger partial charge >= 0.3 is 6.01 Å². The number of nitrogens with one attached hydrogen (secondary N) is 3. The number of amides is 1. The van der Waals surface area contributed by atoms with Gasteiger partial charge in [0.25, 0.3) is 15.9 Å². The third-order valence-electron chi connectivity index (χ3n) is 4.14. The second-order valence-electron chi connectivity index (χ2n) is 6.44. The smallest absolute Gasteiger partial charge is 0.321 e. The van der Waals surface area contributed by atoms with Crippen molar-refractivity contribution < 1.29 is 22.7 Å². The summed E-state index contributed by atoms with van der Waals surface area (Å²) in [4.78, 5) is 20.1. The van der Waals surface area contributed by atoms with Crippen molar-refractivity contribution in [3.8, 4) is 11.9 Å². The molecule has 0 radical (unpaired) electrons. The Morgan fingerprint density at radius 3 is 2.32 bits per heavy atom. The summed E-state index contributed by atoms with van der Waals surface area (Å²) in [6.45, 7) is 0. The zero-order valence-corrected chi connectivity index (χ0v) is 20.8. The number of hydrogen-bond acceptors (Lipinski definition) is 8. The molecule has 178 valence electrons. The number of benzene rings is 2.